The number of aromatic nitrogens is 3. The summed E-state index contributed by atoms with van der Waals surface area (Å²) in [4.78, 5) is 4.13. The zero-order chi connectivity index (χ0) is 11.7. The molecule has 0 N–H and O–H groups in total. The van der Waals surface area contributed by atoms with Gasteiger partial charge in [0.1, 0.15) is 11.1 Å². The summed E-state index contributed by atoms with van der Waals surface area (Å²) in [5.74, 6) is 1.19. The van der Waals surface area contributed by atoms with Crippen molar-refractivity contribution in [3.05, 3.63) is 29.8 Å². The molecule has 0 saturated heterocycles. The highest BCUT2D eigenvalue weighted by molar-refractivity contribution is 7.99. The Hall–Kier alpha value is -1.87. The molecule has 0 unspecified atom stereocenters. The Bertz CT molecular complexity index is 568. The minimum Gasteiger partial charge on any atom is -0.415 e. The molecule has 0 bridgehead atoms. The number of hydrogen-bond acceptors (Lipinski definition) is 6. The van der Waals surface area contributed by atoms with Crippen LogP contribution in [0.4, 0.5) is 0 Å². The molecule has 0 amide bonds. The Labute approximate surface area is 102 Å². The normalized spacial score (nSPS) is 14.5. The highest BCUT2D eigenvalue weighted by atomic mass is 32.2. The van der Waals surface area contributed by atoms with Crippen LogP contribution in [0.5, 0.6) is 0 Å². The Morgan fingerprint density at radius 3 is 2.88 bits per heavy atom. The Morgan fingerprint density at radius 2 is 2.24 bits per heavy atom. The Balaban J connectivity index is 1.74. The molecule has 1 aliphatic carbocycles. The standard InChI is InChI=1S/C11H8N4OS/c12-5-7-1-4-9(13-6-7)17-11-15-14-10(16-11)8-2-3-8/h1,4,6,8H,2-3H2. The van der Waals surface area contributed by atoms with Gasteiger partial charge in [-0.3, -0.25) is 0 Å². The van der Waals surface area contributed by atoms with Gasteiger partial charge in [-0.05, 0) is 36.7 Å². The molecule has 0 radical (unpaired) electrons. The second kappa shape index (κ2) is 4.18. The van der Waals surface area contributed by atoms with Crippen molar-refractivity contribution >= 4 is 11.8 Å². The summed E-state index contributed by atoms with van der Waals surface area (Å²) in [6.45, 7) is 0. The summed E-state index contributed by atoms with van der Waals surface area (Å²) in [5.41, 5.74) is 0.540. The summed E-state index contributed by atoms with van der Waals surface area (Å²) in [7, 11) is 0. The van der Waals surface area contributed by atoms with Crippen LogP contribution >= 0.6 is 11.8 Å². The van der Waals surface area contributed by atoms with Gasteiger partial charge in [0.25, 0.3) is 5.22 Å². The smallest absolute Gasteiger partial charge is 0.282 e. The fourth-order valence-electron chi connectivity index (χ4n) is 1.35. The molecular formula is C11H8N4OS. The molecule has 3 rings (SSSR count). The monoisotopic (exact) mass is 244 g/mol. The molecule has 1 saturated carbocycles. The van der Waals surface area contributed by atoms with Crippen LogP contribution in [0.2, 0.25) is 0 Å². The van der Waals surface area contributed by atoms with Crippen LogP contribution in [-0.4, -0.2) is 15.2 Å². The van der Waals surface area contributed by atoms with E-state index in [1.165, 1.54) is 18.0 Å². The molecule has 0 atom stereocenters. The van der Waals surface area contributed by atoms with Crippen LogP contribution < -0.4 is 0 Å². The SMILES string of the molecule is N#Cc1ccc(Sc2nnc(C3CC3)o2)nc1. The molecule has 6 heteroatoms. The second-order valence-corrected chi connectivity index (χ2v) is 4.75. The molecule has 0 aromatic carbocycles. The van der Waals surface area contributed by atoms with E-state index in [-0.39, 0.29) is 0 Å². The van der Waals surface area contributed by atoms with E-state index in [1.807, 2.05) is 6.07 Å². The quantitative estimate of drug-likeness (QED) is 0.825. The average Bonchev–Trinajstić information content (AvgIpc) is 3.12. The molecule has 84 valence electrons. The van der Waals surface area contributed by atoms with Crippen LogP contribution in [0.25, 0.3) is 0 Å². The lowest BCUT2D eigenvalue weighted by Crippen LogP contribution is -1.81. The summed E-state index contributed by atoms with van der Waals surface area (Å²) >= 11 is 1.31. The summed E-state index contributed by atoms with van der Waals surface area (Å²) < 4.78 is 5.50. The third kappa shape index (κ3) is 2.29. The van der Waals surface area contributed by atoms with Crippen molar-refractivity contribution in [3.8, 4) is 6.07 Å². The summed E-state index contributed by atoms with van der Waals surface area (Å²) in [6, 6.07) is 5.51. The van der Waals surface area contributed by atoms with E-state index in [1.54, 1.807) is 12.1 Å². The first-order chi connectivity index (χ1) is 8.35. The first-order valence-corrected chi connectivity index (χ1v) is 6.04. The fraction of sp³-hybridized carbons (Fsp3) is 0.273. The third-order valence-electron chi connectivity index (χ3n) is 2.41. The van der Waals surface area contributed by atoms with Gasteiger partial charge >= 0.3 is 0 Å². The summed E-state index contributed by atoms with van der Waals surface area (Å²) in [5, 5.41) is 17.8. The van der Waals surface area contributed by atoms with E-state index in [9.17, 15) is 0 Å². The molecule has 1 aliphatic rings. The zero-order valence-corrected chi connectivity index (χ0v) is 9.65. The minimum absolute atomic E-state index is 0.464. The van der Waals surface area contributed by atoms with Crippen LogP contribution in [0.1, 0.15) is 30.2 Å². The van der Waals surface area contributed by atoms with Gasteiger partial charge in [0.05, 0.1) is 5.56 Å². The topological polar surface area (TPSA) is 75.6 Å². The summed E-state index contributed by atoms with van der Waals surface area (Å²) in [6.07, 6.45) is 3.81. The maximum absolute atomic E-state index is 8.65. The van der Waals surface area contributed by atoms with Gasteiger partial charge in [0, 0.05) is 12.1 Å². The molecular weight excluding hydrogens is 236 g/mol. The number of rotatable bonds is 3. The van der Waals surface area contributed by atoms with Crippen molar-refractivity contribution in [2.45, 2.75) is 29.0 Å². The minimum atomic E-state index is 0.464. The molecule has 1 fully saturated rings. The van der Waals surface area contributed by atoms with E-state index >= 15 is 0 Å². The molecule has 0 spiro atoms. The van der Waals surface area contributed by atoms with Gasteiger partial charge in [-0.1, -0.05) is 0 Å². The van der Waals surface area contributed by atoms with E-state index < -0.39 is 0 Å². The molecule has 17 heavy (non-hydrogen) atoms. The van der Waals surface area contributed by atoms with Gasteiger partial charge < -0.3 is 4.42 Å². The highest BCUT2D eigenvalue weighted by Crippen LogP contribution is 2.40. The first kappa shape index (κ1) is 10.3. The van der Waals surface area contributed by atoms with Crippen LogP contribution in [-0.2, 0) is 0 Å². The first-order valence-electron chi connectivity index (χ1n) is 5.22. The number of hydrogen-bond donors (Lipinski definition) is 0. The lowest BCUT2D eigenvalue weighted by Gasteiger charge is -1.94. The van der Waals surface area contributed by atoms with Gasteiger partial charge in [-0.25, -0.2) is 4.98 Å². The van der Waals surface area contributed by atoms with E-state index in [0.717, 1.165) is 23.8 Å². The molecule has 5 nitrogen and oxygen atoms in total. The lowest BCUT2D eigenvalue weighted by atomic mass is 10.3. The Kier molecular flexibility index (Phi) is 2.53. The van der Waals surface area contributed by atoms with Crippen LogP contribution in [0.15, 0.2) is 33.0 Å². The van der Waals surface area contributed by atoms with E-state index in [0.29, 0.717) is 16.7 Å². The average molecular weight is 244 g/mol. The zero-order valence-electron chi connectivity index (χ0n) is 8.83. The van der Waals surface area contributed by atoms with Gasteiger partial charge in [-0.2, -0.15) is 5.26 Å². The number of nitrogens with zero attached hydrogens (tertiary/aromatic N) is 4. The Morgan fingerprint density at radius 1 is 1.35 bits per heavy atom. The third-order valence-corrected chi connectivity index (χ3v) is 3.20. The predicted molar refractivity (Wildman–Crippen MR) is 59.3 cm³/mol. The van der Waals surface area contributed by atoms with Crippen molar-refractivity contribution < 1.29 is 4.42 Å². The second-order valence-electron chi connectivity index (χ2n) is 3.78. The molecule has 0 aliphatic heterocycles. The van der Waals surface area contributed by atoms with Gasteiger partial charge in [0.2, 0.25) is 5.89 Å². The molecule has 2 aromatic heterocycles. The van der Waals surface area contributed by atoms with Crippen LogP contribution in [0, 0.1) is 11.3 Å². The van der Waals surface area contributed by atoms with Crippen molar-refractivity contribution in [1.82, 2.24) is 15.2 Å². The van der Waals surface area contributed by atoms with Crippen LogP contribution in [0.3, 0.4) is 0 Å². The van der Waals surface area contributed by atoms with Crippen molar-refractivity contribution in [2.24, 2.45) is 0 Å². The van der Waals surface area contributed by atoms with Gasteiger partial charge in [0.15, 0.2) is 0 Å². The van der Waals surface area contributed by atoms with Crippen molar-refractivity contribution in [1.29, 1.82) is 5.26 Å². The van der Waals surface area contributed by atoms with Crippen molar-refractivity contribution in [2.75, 3.05) is 0 Å². The highest BCUT2D eigenvalue weighted by Gasteiger charge is 2.29. The molecule has 2 aromatic rings. The predicted octanol–water partition coefficient (Wildman–Crippen LogP) is 2.36. The van der Waals surface area contributed by atoms with E-state index in [4.69, 9.17) is 9.68 Å². The van der Waals surface area contributed by atoms with E-state index in [2.05, 4.69) is 15.2 Å². The maximum atomic E-state index is 8.65. The largest absolute Gasteiger partial charge is 0.415 e. The number of pyridine rings is 1. The molecule has 2 heterocycles. The van der Waals surface area contributed by atoms with Crippen molar-refractivity contribution in [3.63, 3.8) is 0 Å². The lowest BCUT2D eigenvalue weighted by molar-refractivity contribution is 0.414. The maximum Gasteiger partial charge on any atom is 0.282 e. The fourth-order valence-corrected chi connectivity index (χ4v) is 1.98. The van der Waals surface area contributed by atoms with Gasteiger partial charge in [-0.15, -0.1) is 10.2 Å². The number of nitriles is 1.